The fraction of sp³-hybridized carbons (Fsp3) is 0. The highest BCUT2D eigenvalue weighted by atomic mass is 16.6. The summed E-state index contributed by atoms with van der Waals surface area (Å²) in [6, 6.07) is 0. The van der Waals surface area contributed by atoms with Crippen LogP contribution < -0.4 is 5.73 Å². The van der Waals surface area contributed by atoms with Gasteiger partial charge < -0.3 is 15.3 Å². The van der Waals surface area contributed by atoms with Crippen molar-refractivity contribution in [3.8, 4) is 0 Å². The molecule has 5 nitrogen and oxygen atoms in total. The van der Waals surface area contributed by atoms with E-state index in [-0.39, 0.29) is 5.76 Å². The molecular weight excluding hydrogens is 148 g/mol. The van der Waals surface area contributed by atoms with Gasteiger partial charge in [0.25, 0.3) is 0 Å². The van der Waals surface area contributed by atoms with Crippen LogP contribution in [0.25, 0.3) is 0 Å². The van der Waals surface area contributed by atoms with Gasteiger partial charge in [-0.3, -0.25) is 0 Å². The van der Waals surface area contributed by atoms with E-state index in [9.17, 15) is 4.79 Å². The van der Waals surface area contributed by atoms with Crippen LogP contribution in [0.4, 0.5) is 4.79 Å². The number of rotatable bonds is 1. The Kier molecular flexibility index (Phi) is 2.27. The highest BCUT2D eigenvalue weighted by molar-refractivity contribution is 5.72. The monoisotopic (exact) mass is 154 g/mol. The molecule has 58 valence electrons. The van der Waals surface area contributed by atoms with Crippen molar-refractivity contribution >= 4 is 12.3 Å². The molecule has 0 aromatic heterocycles. The topological polar surface area (TPSA) is 73.9 Å². The van der Waals surface area contributed by atoms with Crippen molar-refractivity contribution in [1.29, 1.82) is 0 Å². The molecule has 0 radical (unpaired) electrons. The molecule has 1 heterocycles. The summed E-state index contributed by atoms with van der Waals surface area (Å²) in [6.45, 7) is 0. The van der Waals surface area contributed by atoms with Gasteiger partial charge in [0.15, 0.2) is 12.0 Å². The largest absolute Gasteiger partial charge is 0.410 e. The minimum absolute atomic E-state index is 0.218. The molecule has 1 aliphatic heterocycles. The fourth-order valence-electron chi connectivity index (χ4n) is 0.504. The zero-order chi connectivity index (χ0) is 8.10. The molecular formula is C6H6N2O3. The maximum Gasteiger partial charge on any atom is 0.410 e. The summed E-state index contributed by atoms with van der Waals surface area (Å²) in [7, 11) is 0. The molecule has 0 aromatic carbocycles. The third-order valence-electron chi connectivity index (χ3n) is 0.856. The van der Waals surface area contributed by atoms with Gasteiger partial charge in [0.1, 0.15) is 0 Å². The number of ether oxygens (including phenoxy) is 1. The molecule has 0 atom stereocenters. The zero-order valence-electron chi connectivity index (χ0n) is 5.56. The summed E-state index contributed by atoms with van der Waals surface area (Å²) in [5.74, 6) is 0.218. The highest BCUT2D eigenvalue weighted by Crippen LogP contribution is 2.02. The Morgan fingerprint density at radius 2 is 2.55 bits per heavy atom. The first-order valence-corrected chi connectivity index (χ1v) is 2.82. The Morgan fingerprint density at radius 1 is 1.73 bits per heavy atom. The average Bonchev–Trinajstić information content (AvgIpc) is 2.14. The molecule has 0 saturated heterocycles. The summed E-state index contributed by atoms with van der Waals surface area (Å²) in [4.78, 5) is 14.7. The van der Waals surface area contributed by atoms with Crippen LogP contribution in [0.15, 0.2) is 29.3 Å². The fourth-order valence-corrected chi connectivity index (χ4v) is 0.504. The predicted molar refractivity (Wildman–Crippen MR) is 37.5 cm³/mol. The van der Waals surface area contributed by atoms with E-state index in [1.807, 2.05) is 0 Å². The summed E-state index contributed by atoms with van der Waals surface area (Å²) in [5, 5.41) is 3.41. The second-order valence-corrected chi connectivity index (χ2v) is 1.66. The van der Waals surface area contributed by atoms with Gasteiger partial charge in [0, 0.05) is 0 Å². The van der Waals surface area contributed by atoms with Gasteiger partial charge >= 0.3 is 6.09 Å². The lowest BCUT2D eigenvalue weighted by molar-refractivity contribution is 0.181. The van der Waals surface area contributed by atoms with Crippen LogP contribution in [0.3, 0.4) is 0 Å². The number of carbonyl (C=O) groups excluding carboxylic acids is 1. The minimum Gasteiger partial charge on any atom is -0.407 e. The molecule has 0 fully saturated rings. The van der Waals surface area contributed by atoms with Crippen molar-refractivity contribution < 1.29 is 14.4 Å². The number of hydrogen-bond acceptors (Lipinski definition) is 4. The summed E-state index contributed by atoms with van der Waals surface area (Å²) in [5.41, 5.74) is 4.74. The zero-order valence-corrected chi connectivity index (χ0v) is 5.56. The van der Waals surface area contributed by atoms with Crippen LogP contribution in [-0.2, 0) is 9.57 Å². The van der Waals surface area contributed by atoms with Gasteiger partial charge in [0.05, 0.1) is 6.21 Å². The van der Waals surface area contributed by atoms with Gasteiger partial charge in [-0.25, -0.2) is 4.79 Å². The quantitative estimate of drug-likeness (QED) is 0.597. The number of amides is 1. The number of carbonyl (C=O) groups is 1. The summed E-state index contributed by atoms with van der Waals surface area (Å²) >= 11 is 0. The first-order valence-electron chi connectivity index (χ1n) is 2.82. The summed E-state index contributed by atoms with van der Waals surface area (Å²) < 4.78 is 4.48. The summed E-state index contributed by atoms with van der Waals surface area (Å²) in [6.07, 6.45) is 4.76. The number of nitrogens with zero attached hydrogens (tertiary/aromatic N) is 1. The molecule has 1 aliphatic rings. The maximum atomic E-state index is 10.2. The molecule has 0 spiro atoms. The van der Waals surface area contributed by atoms with Crippen molar-refractivity contribution in [2.24, 2.45) is 10.9 Å². The van der Waals surface area contributed by atoms with Gasteiger partial charge in [-0.05, 0) is 12.2 Å². The maximum absolute atomic E-state index is 10.2. The third-order valence-corrected chi connectivity index (χ3v) is 0.856. The normalized spacial score (nSPS) is 14.7. The van der Waals surface area contributed by atoms with Crippen LogP contribution >= 0.6 is 0 Å². The van der Waals surface area contributed by atoms with Crippen LogP contribution in [0, 0.1) is 0 Å². The predicted octanol–water partition coefficient (Wildman–Crippen LogP) is 0.495. The minimum atomic E-state index is -0.883. The number of nitrogens with two attached hydrogens (primary N) is 1. The first-order chi connectivity index (χ1) is 5.29. The Labute approximate surface area is 62.8 Å². The smallest absolute Gasteiger partial charge is 0.407 e. The van der Waals surface area contributed by atoms with Crippen LogP contribution in [0.1, 0.15) is 0 Å². The second-order valence-electron chi connectivity index (χ2n) is 1.66. The van der Waals surface area contributed by atoms with Crippen molar-refractivity contribution in [2.45, 2.75) is 0 Å². The molecule has 0 aliphatic carbocycles. The van der Waals surface area contributed by atoms with Crippen molar-refractivity contribution in [1.82, 2.24) is 0 Å². The number of oxime groups is 1. The molecule has 5 heteroatoms. The number of allylic oxidation sites excluding steroid dienone is 2. The van der Waals surface area contributed by atoms with Crippen LogP contribution in [0.2, 0.25) is 0 Å². The third kappa shape index (κ3) is 2.53. The molecule has 1 amide bonds. The van der Waals surface area contributed by atoms with Crippen molar-refractivity contribution in [3.05, 3.63) is 24.2 Å². The van der Waals surface area contributed by atoms with E-state index in [4.69, 9.17) is 5.73 Å². The van der Waals surface area contributed by atoms with E-state index >= 15 is 0 Å². The molecule has 0 unspecified atom stereocenters. The van der Waals surface area contributed by atoms with E-state index in [1.165, 1.54) is 18.6 Å². The lowest BCUT2D eigenvalue weighted by Crippen LogP contribution is -2.11. The Hall–Kier alpha value is -1.78. The van der Waals surface area contributed by atoms with E-state index in [2.05, 4.69) is 14.7 Å². The number of primary amides is 1. The lowest BCUT2D eigenvalue weighted by Gasteiger charge is -1.97. The van der Waals surface area contributed by atoms with E-state index in [0.29, 0.717) is 0 Å². The van der Waals surface area contributed by atoms with Gasteiger partial charge in [-0.1, -0.05) is 5.16 Å². The SMILES string of the molecule is NC(=O)OC1=CON=CC=C1. The standard InChI is InChI=1S/C6H6N2O3/c7-6(9)11-5-2-1-3-8-10-4-5/h1-4H,(H2,7,9). The molecule has 2 N–H and O–H groups in total. The van der Waals surface area contributed by atoms with Gasteiger partial charge in [-0.2, -0.15) is 0 Å². The van der Waals surface area contributed by atoms with Crippen LogP contribution in [0.5, 0.6) is 0 Å². The van der Waals surface area contributed by atoms with E-state index < -0.39 is 6.09 Å². The molecule has 0 bridgehead atoms. The molecule has 0 saturated carbocycles. The number of hydrogen-bond donors (Lipinski definition) is 1. The second kappa shape index (κ2) is 3.40. The van der Waals surface area contributed by atoms with Gasteiger partial charge in [-0.15, -0.1) is 0 Å². The molecule has 0 aromatic rings. The Balaban J connectivity index is 2.58. The first kappa shape index (κ1) is 7.33. The van der Waals surface area contributed by atoms with Crippen LogP contribution in [-0.4, -0.2) is 12.3 Å². The Morgan fingerprint density at radius 3 is 3.27 bits per heavy atom. The highest BCUT2D eigenvalue weighted by Gasteiger charge is 1.99. The molecule has 1 rings (SSSR count). The van der Waals surface area contributed by atoms with Gasteiger partial charge in [0.2, 0.25) is 0 Å². The Bertz CT molecular complexity index is 242. The lowest BCUT2D eigenvalue weighted by atomic mass is 10.4. The average molecular weight is 154 g/mol. The van der Waals surface area contributed by atoms with Crippen molar-refractivity contribution in [2.75, 3.05) is 0 Å². The van der Waals surface area contributed by atoms with E-state index in [0.717, 1.165) is 0 Å². The van der Waals surface area contributed by atoms with E-state index in [1.54, 1.807) is 6.08 Å². The van der Waals surface area contributed by atoms with Crippen molar-refractivity contribution in [3.63, 3.8) is 0 Å². The molecule has 11 heavy (non-hydrogen) atoms.